The third kappa shape index (κ3) is 4.63. The van der Waals surface area contributed by atoms with Gasteiger partial charge < -0.3 is 4.90 Å². The second-order valence-electron chi connectivity index (χ2n) is 5.29. The van der Waals surface area contributed by atoms with E-state index < -0.39 is 0 Å². The number of nitrogens with zero attached hydrogens (tertiary/aromatic N) is 3. The van der Waals surface area contributed by atoms with E-state index in [1.54, 1.807) is 23.5 Å². The van der Waals surface area contributed by atoms with Crippen molar-refractivity contribution >= 4 is 22.5 Å². The number of thiazole rings is 1. The quantitative estimate of drug-likeness (QED) is 0.743. The average Bonchev–Trinajstić information content (AvgIpc) is 3.13. The van der Waals surface area contributed by atoms with Gasteiger partial charge in [0.2, 0.25) is 0 Å². The van der Waals surface area contributed by atoms with Gasteiger partial charge in [-0.05, 0) is 23.6 Å². The van der Waals surface area contributed by atoms with E-state index in [4.69, 9.17) is 0 Å². The van der Waals surface area contributed by atoms with Gasteiger partial charge in [0.1, 0.15) is 0 Å². The number of urea groups is 1. The van der Waals surface area contributed by atoms with Gasteiger partial charge in [0, 0.05) is 37.1 Å². The molecule has 2 heterocycles. The van der Waals surface area contributed by atoms with E-state index in [1.165, 1.54) is 16.9 Å². The van der Waals surface area contributed by atoms with E-state index in [-0.39, 0.29) is 6.03 Å². The van der Waals surface area contributed by atoms with E-state index in [2.05, 4.69) is 27.4 Å². The summed E-state index contributed by atoms with van der Waals surface area (Å²) in [4.78, 5) is 22.6. The van der Waals surface area contributed by atoms with E-state index in [9.17, 15) is 4.79 Å². The molecule has 0 saturated carbocycles. The lowest BCUT2D eigenvalue weighted by atomic mass is 10.1. The molecule has 1 aromatic carbocycles. The van der Waals surface area contributed by atoms with Crippen LogP contribution in [0.15, 0.2) is 66.4 Å². The number of hydrogen-bond acceptors (Lipinski definition) is 4. The number of carbonyl (C=O) groups is 1. The van der Waals surface area contributed by atoms with Crippen LogP contribution in [0.4, 0.5) is 9.93 Å². The maximum absolute atomic E-state index is 12.6. The Morgan fingerprint density at radius 2 is 1.92 bits per heavy atom. The molecule has 0 unspecified atom stereocenters. The highest BCUT2D eigenvalue weighted by Gasteiger charge is 2.15. The number of pyridine rings is 1. The molecule has 0 aliphatic carbocycles. The zero-order valence-corrected chi connectivity index (χ0v) is 13.9. The monoisotopic (exact) mass is 338 g/mol. The molecule has 0 saturated heterocycles. The van der Waals surface area contributed by atoms with Gasteiger partial charge in [-0.25, -0.2) is 9.78 Å². The topological polar surface area (TPSA) is 58.1 Å². The van der Waals surface area contributed by atoms with Crippen LogP contribution in [-0.2, 0) is 13.0 Å². The van der Waals surface area contributed by atoms with Crippen molar-refractivity contribution in [1.82, 2.24) is 14.9 Å². The molecular weight excluding hydrogens is 320 g/mol. The first-order valence-corrected chi connectivity index (χ1v) is 8.57. The fourth-order valence-electron chi connectivity index (χ4n) is 2.33. The van der Waals surface area contributed by atoms with Crippen LogP contribution >= 0.6 is 11.3 Å². The van der Waals surface area contributed by atoms with Crippen molar-refractivity contribution < 1.29 is 4.79 Å². The van der Waals surface area contributed by atoms with Crippen LogP contribution in [0.3, 0.4) is 0 Å². The molecule has 3 rings (SSSR count). The SMILES string of the molecule is O=C(Nc1nccs1)N(CCc1ccccc1)Cc1cccnc1. The largest absolute Gasteiger partial charge is 0.323 e. The molecule has 0 bridgehead atoms. The van der Waals surface area contributed by atoms with Crippen molar-refractivity contribution in [3.05, 3.63) is 77.6 Å². The molecule has 5 nitrogen and oxygen atoms in total. The van der Waals surface area contributed by atoms with E-state index in [0.717, 1.165) is 12.0 Å². The third-order valence-electron chi connectivity index (χ3n) is 3.54. The van der Waals surface area contributed by atoms with Crippen molar-refractivity contribution in [2.45, 2.75) is 13.0 Å². The van der Waals surface area contributed by atoms with Gasteiger partial charge in [-0.2, -0.15) is 0 Å². The summed E-state index contributed by atoms with van der Waals surface area (Å²) in [6.07, 6.45) is 5.99. The molecule has 1 N–H and O–H groups in total. The molecule has 0 aliphatic rings. The number of hydrogen-bond donors (Lipinski definition) is 1. The molecule has 0 aliphatic heterocycles. The van der Waals surface area contributed by atoms with Crippen LogP contribution in [0.2, 0.25) is 0 Å². The summed E-state index contributed by atoms with van der Waals surface area (Å²) in [5.41, 5.74) is 2.20. The molecule has 122 valence electrons. The molecule has 0 spiro atoms. The van der Waals surface area contributed by atoms with Gasteiger partial charge in [0.25, 0.3) is 0 Å². The number of anilines is 1. The predicted octanol–water partition coefficient (Wildman–Crippen LogP) is 3.81. The van der Waals surface area contributed by atoms with Gasteiger partial charge in [-0.3, -0.25) is 10.3 Å². The molecule has 0 fully saturated rings. The first-order valence-electron chi connectivity index (χ1n) is 7.69. The van der Waals surface area contributed by atoms with E-state index >= 15 is 0 Å². The highest BCUT2D eigenvalue weighted by Crippen LogP contribution is 2.13. The number of aromatic nitrogens is 2. The van der Waals surface area contributed by atoms with Crippen molar-refractivity contribution in [2.24, 2.45) is 0 Å². The first kappa shape index (κ1) is 16.1. The third-order valence-corrected chi connectivity index (χ3v) is 4.23. The lowest BCUT2D eigenvalue weighted by molar-refractivity contribution is 0.209. The molecule has 24 heavy (non-hydrogen) atoms. The maximum Gasteiger partial charge on any atom is 0.323 e. The number of rotatable bonds is 6. The zero-order valence-electron chi connectivity index (χ0n) is 13.1. The minimum atomic E-state index is -0.148. The Hall–Kier alpha value is -2.73. The standard InChI is InChI=1S/C18H18N4OS/c23-18(21-17-20-10-12-24-17)22(14-16-7-4-9-19-13-16)11-8-15-5-2-1-3-6-15/h1-7,9-10,12-13H,8,11,14H2,(H,20,21,23). The van der Waals surface area contributed by atoms with Crippen LogP contribution in [0.1, 0.15) is 11.1 Å². The molecular formula is C18H18N4OS. The minimum absolute atomic E-state index is 0.148. The molecule has 0 radical (unpaired) electrons. The summed E-state index contributed by atoms with van der Waals surface area (Å²) < 4.78 is 0. The van der Waals surface area contributed by atoms with E-state index in [0.29, 0.717) is 18.2 Å². The highest BCUT2D eigenvalue weighted by molar-refractivity contribution is 7.13. The van der Waals surface area contributed by atoms with Crippen LogP contribution in [-0.4, -0.2) is 27.4 Å². The van der Waals surface area contributed by atoms with Crippen LogP contribution in [0, 0.1) is 0 Å². The number of nitrogens with one attached hydrogen (secondary N) is 1. The average molecular weight is 338 g/mol. The maximum atomic E-state index is 12.6. The molecule has 0 atom stereocenters. The Balaban J connectivity index is 1.68. The van der Waals surface area contributed by atoms with E-state index in [1.807, 2.05) is 35.7 Å². The summed E-state index contributed by atoms with van der Waals surface area (Å²) >= 11 is 1.41. The molecule has 6 heteroatoms. The van der Waals surface area contributed by atoms with Gasteiger partial charge >= 0.3 is 6.03 Å². The summed E-state index contributed by atoms with van der Waals surface area (Å²) in [7, 11) is 0. The van der Waals surface area contributed by atoms with Crippen LogP contribution in [0.25, 0.3) is 0 Å². The Morgan fingerprint density at radius 1 is 1.08 bits per heavy atom. The summed E-state index contributed by atoms with van der Waals surface area (Å²) in [5.74, 6) is 0. The number of benzene rings is 1. The Morgan fingerprint density at radius 3 is 2.62 bits per heavy atom. The Bertz CT molecular complexity index is 747. The summed E-state index contributed by atoms with van der Waals surface area (Å²) in [6.45, 7) is 1.13. The van der Waals surface area contributed by atoms with Crippen LogP contribution in [0.5, 0.6) is 0 Å². The first-order chi connectivity index (χ1) is 11.8. The van der Waals surface area contributed by atoms with Crippen molar-refractivity contribution in [1.29, 1.82) is 0 Å². The second kappa shape index (κ2) is 8.21. The fraction of sp³-hybridized carbons (Fsp3) is 0.167. The van der Waals surface area contributed by atoms with Crippen molar-refractivity contribution in [3.63, 3.8) is 0 Å². The minimum Gasteiger partial charge on any atom is -0.320 e. The Labute approximate surface area is 145 Å². The zero-order chi connectivity index (χ0) is 16.6. The lowest BCUT2D eigenvalue weighted by Crippen LogP contribution is -2.36. The molecule has 2 amide bonds. The smallest absolute Gasteiger partial charge is 0.320 e. The van der Waals surface area contributed by atoms with Crippen molar-refractivity contribution in [2.75, 3.05) is 11.9 Å². The van der Waals surface area contributed by atoms with Gasteiger partial charge in [-0.15, -0.1) is 11.3 Å². The lowest BCUT2D eigenvalue weighted by Gasteiger charge is -2.22. The van der Waals surface area contributed by atoms with Crippen molar-refractivity contribution in [3.8, 4) is 0 Å². The van der Waals surface area contributed by atoms with Gasteiger partial charge in [0.15, 0.2) is 5.13 Å². The normalized spacial score (nSPS) is 10.3. The molecule has 2 aromatic heterocycles. The Kier molecular flexibility index (Phi) is 5.52. The van der Waals surface area contributed by atoms with Crippen LogP contribution < -0.4 is 5.32 Å². The summed E-state index contributed by atoms with van der Waals surface area (Å²) in [5, 5.41) is 5.30. The highest BCUT2D eigenvalue weighted by atomic mass is 32.1. The second-order valence-corrected chi connectivity index (χ2v) is 6.18. The van der Waals surface area contributed by atoms with Gasteiger partial charge in [0.05, 0.1) is 0 Å². The summed E-state index contributed by atoms with van der Waals surface area (Å²) in [6, 6.07) is 13.9. The fourth-order valence-corrected chi connectivity index (χ4v) is 2.85. The predicted molar refractivity (Wildman–Crippen MR) is 95.9 cm³/mol. The number of carbonyl (C=O) groups excluding carboxylic acids is 1. The number of amides is 2. The molecule has 3 aromatic rings. The van der Waals surface area contributed by atoms with Gasteiger partial charge in [-0.1, -0.05) is 36.4 Å².